The molecule has 2 aromatic rings. The predicted octanol–water partition coefficient (Wildman–Crippen LogP) is 3.46. The Morgan fingerprint density at radius 2 is 2.07 bits per heavy atom. The van der Waals surface area contributed by atoms with Crippen LogP contribution in [-0.2, 0) is 0 Å². The third kappa shape index (κ3) is 4.44. The van der Waals surface area contributed by atoms with Gasteiger partial charge in [-0.3, -0.25) is 9.20 Å². The molecule has 0 aromatic carbocycles. The molecule has 1 N–H and O–H groups in total. The molecule has 6 nitrogen and oxygen atoms in total. The monoisotopic (exact) mass is 406 g/mol. The lowest BCUT2D eigenvalue weighted by Crippen LogP contribution is -2.37. The van der Waals surface area contributed by atoms with Crippen LogP contribution in [0.2, 0.25) is 0 Å². The van der Waals surface area contributed by atoms with Gasteiger partial charge in [-0.1, -0.05) is 19.3 Å². The molecule has 0 unspecified atom stereocenters. The molecular formula is C21H31ClN4O2. The summed E-state index contributed by atoms with van der Waals surface area (Å²) in [6, 6.07) is 4.10. The average molecular weight is 407 g/mol. The number of fused-ring (bicyclic) bond motifs is 1. The highest BCUT2D eigenvalue weighted by Crippen LogP contribution is 2.27. The van der Waals surface area contributed by atoms with E-state index < -0.39 is 0 Å². The van der Waals surface area contributed by atoms with E-state index in [1.54, 1.807) is 0 Å². The second kappa shape index (κ2) is 9.14. The number of halogens is 1. The SMILES string of the molecule is Cc1nc2c(OCC3CCCCC3)cccn2c1C(=O)N[C@H]1CCN(C)C1.Cl. The lowest BCUT2D eigenvalue weighted by molar-refractivity contribution is 0.0932. The average Bonchev–Trinajstić information content (AvgIpc) is 3.22. The van der Waals surface area contributed by atoms with E-state index in [4.69, 9.17) is 4.74 Å². The van der Waals surface area contributed by atoms with Crippen LogP contribution < -0.4 is 10.1 Å². The van der Waals surface area contributed by atoms with Crippen LogP contribution in [0.4, 0.5) is 0 Å². The first-order valence-corrected chi connectivity index (χ1v) is 10.2. The third-order valence-corrected chi connectivity index (χ3v) is 5.93. The van der Waals surface area contributed by atoms with Gasteiger partial charge in [0.2, 0.25) is 0 Å². The Hall–Kier alpha value is -1.79. The molecule has 1 aliphatic carbocycles. The molecule has 0 spiro atoms. The van der Waals surface area contributed by atoms with Crippen LogP contribution in [0.15, 0.2) is 18.3 Å². The summed E-state index contributed by atoms with van der Waals surface area (Å²) in [6.45, 7) is 4.56. The van der Waals surface area contributed by atoms with Gasteiger partial charge < -0.3 is 15.0 Å². The zero-order valence-corrected chi connectivity index (χ0v) is 17.6. The highest BCUT2D eigenvalue weighted by atomic mass is 35.5. The van der Waals surface area contributed by atoms with Crippen molar-refractivity contribution in [3.8, 4) is 5.75 Å². The number of ether oxygens (including phenoxy) is 1. The molecule has 0 radical (unpaired) electrons. The zero-order valence-electron chi connectivity index (χ0n) is 16.8. The van der Waals surface area contributed by atoms with E-state index in [0.717, 1.165) is 43.2 Å². The molecule has 7 heteroatoms. The summed E-state index contributed by atoms with van der Waals surface area (Å²) < 4.78 is 8.01. The first kappa shape index (κ1) is 20.9. The molecule has 3 heterocycles. The molecule has 1 aliphatic heterocycles. The van der Waals surface area contributed by atoms with Gasteiger partial charge in [-0.05, 0) is 57.8 Å². The molecule has 0 bridgehead atoms. The van der Waals surface area contributed by atoms with Crippen LogP contribution >= 0.6 is 12.4 Å². The number of pyridine rings is 1. The maximum absolute atomic E-state index is 12.9. The highest BCUT2D eigenvalue weighted by molar-refractivity contribution is 5.95. The van der Waals surface area contributed by atoms with Crippen LogP contribution in [0.5, 0.6) is 5.75 Å². The van der Waals surface area contributed by atoms with Gasteiger partial charge in [0.05, 0.1) is 12.3 Å². The lowest BCUT2D eigenvalue weighted by atomic mass is 9.90. The minimum atomic E-state index is -0.0512. The van der Waals surface area contributed by atoms with Crippen LogP contribution in [0.1, 0.15) is 54.7 Å². The molecule has 28 heavy (non-hydrogen) atoms. The highest BCUT2D eigenvalue weighted by Gasteiger charge is 2.25. The Bertz CT molecular complexity index is 816. The van der Waals surface area contributed by atoms with Crippen molar-refractivity contribution in [1.82, 2.24) is 19.6 Å². The molecule has 1 saturated heterocycles. The summed E-state index contributed by atoms with van der Waals surface area (Å²) >= 11 is 0. The van der Waals surface area contributed by atoms with Crippen LogP contribution in [0, 0.1) is 12.8 Å². The molecule has 2 aliphatic rings. The number of carbonyl (C=O) groups excluding carboxylic acids is 1. The fraction of sp³-hybridized carbons (Fsp3) is 0.619. The van der Waals surface area contributed by atoms with Gasteiger partial charge in [-0.15, -0.1) is 12.4 Å². The fourth-order valence-corrected chi connectivity index (χ4v) is 4.41. The third-order valence-electron chi connectivity index (χ3n) is 5.93. The van der Waals surface area contributed by atoms with Crippen LogP contribution in [0.25, 0.3) is 5.65 Å². The number of aromatic nitrogens is 2. The maximum Gasteiger partial charge on any atom is 0.270 e. The maximum atomic E-state index is 12.9. The minimum absolute atomic E-state index is 0. The fourth-order valence-electron chi connectivity index (χ4n) is 4.41. The van der Waals surface area contributed by atoms with E-state index in [1.807, 2.05) is 29.7 Å². The topological polar surface area (TPSA) is 58.9 Å². The second-order valence-electron chi connectivity index (χ2n) is 8.15. The Morgan fingerprint density at radius 3 is 2.79 bits per heavy atom. The van der Waals surface area contributed by atoms with Crippen LogP contribution in [-0.4, -0.2) is 53.0 Å². The molecule has 4 rings (SSSR count). The van der Waals surface area contributed by atoms with E-state index in [0.29, 0.717) is 11.6 Å². The summed E-state index contributed by atoms with van der Waals surface area (Å²) in [7, 11) is 2.08. The van der Waals surface area contributed by atoms with E-state index in [-0.39, 0.29) is 24.4 Å². The number of imidazole rings is 1. The Kier molecular flexibility index (Phi) is 6.83. The van der Waals surface area contributed by atoms with Crippen molar-refractivity contribution in [1.29, 1.82) is 0 Å². The van der Waals surface area contributed by atoms with E-state index >= 15 is 0 Å². The summed E-state index contributed by atoms with van der Waals surface area (Å²) in [6.07, 6.45) is 9.36. The second-order valence-corrected chi connectivity index (χ2v) is 8.15. The molecular weight excluding hydrogens is 376 g/mol. The van der Waals surface area contributed by atoms with E-state index in [2.05, 4.69) is 22.2 Å². The standard InChI is InChI=1S/C21H30N4O2.ClH/c1-15-19(21(26)23-17-10-12-24(2)13-17)25-11-6-9-18(20(25)22-15)27-14-16-7-4-3-5-8-16;/h6,9,11,16-17H,3-5,7-8,10,12-14H2,1-2H3,(H,23,26);1H/t17-;/m0./s1. The van der Waals surface area contributed by atoms with Gasteiger partial charge >= 0.3 is 0 Å². The van der Waals surface area contributed by atoms with Gasteiger partial charge in [-0.2, -0.15) is 0 Å². The Labute approximate surface area is 173 Å². The van der Waals surface area contributed by atoms with Gasteiger partial charge in [0.15, 0.2) is 11.4 Å². The van der Waals surface area contributed by atoms with Crippen LogP contribution in [0.3, 0.4) is 0 Å². The number of aryl methyl sites for hydroxylation is 1. The number of nitrogens with zero attached hydrogens (tertiary/aromatic N) is 3. The van der Waals surface area contributed by atoms with Crippen molar-refractivity contribution >= 4 is 24.0 Å². The zero-order chi connectivity index (χ0) is 18.8. The van der Waals surface area contributed by atoms with Crippen molar-refractivity contribution < 1.29 is 9.53 Å². The predicted molar refractivity (Wildman–Crippen MR) is 113 cm³/mol. The molecule has 154 valence electrons. The summed E-state index contributed by atoms with van der Waals surface area (Å²) in [5.41, 5.74) is 2.09. The van der Waals surface area contributed by atoms with Crippen molar-refractivity contribution in [3.05, 3.63) is 29.7 Å². The van der Waals surface area contributed by atoms with Gasteiger partial charge in [0, 0.05) is 18.8 Å². The molecule has 2 aromatic heterocycles. The number of hydrogen-bond acceptors (Lipinski definition) is 4. The van der Waals surface area contributed by atoms with Gasteiger partial charge in [0.25, 0.3) is 5.91 Å². The summed E-state index contributed by atoms with van der Waals surface area (Å²) in [5.74, 6) is 1.35. The Morgan fingerprint density at radius 1 is 1.29 bits per heavy atom. The van der Waals surface area contributed by atoms with Crippen molar-refractivity contribution in [2.75, 3.05) is 26.7 Å². The normalized spacial score (nSPS) is 20.9. The van der Waals surface area contributed by atoms with Crippen molar-refractivity contribution in [3.63, 3.8) is 0 Å². The quantitative estimate of drug-likeness (QED) is 0.826. The van der Waals surface area contributed by atoms with Gasteiger partial charge in [0.1, 0.15) is 5.69 Å². The molecule has 1 amide bonds. The lowest BCUT2D eigenvalue weighted by Gasteiger charge is -2.21. The number of amides is 1. The van der Waals surface area contributed by atoms with E-state index in [1.165, 1.54) is 32.1 Å². The number of rotatable bonds is 5. The first-order valence-electron chi connectivity index (χ1n) is 10.2. The molecule has 1 atom stereocenters. The number of likely N-dealkylation sites (tertiary alicyclic amines) is 1. The smallest absolute Gasteiger partial charge is 0.270 e. The van der Waals surface area contributed by atoms with Crippen molar-refractivity contribution in [2.45, 2.75) is 51.5 Å². The number of likely N-dealkylation sites (N-methyl/N-ethyl adjacent to an activating group) is 1. The van der Waals surface area contributed by atoms with E-state index in [9.17, 15) is 4.79 Å². The number of hydrogen-bond donors (Lipinski definition) is 1. The Balaban J connectivity index is 0.00000225. The first-order chi connectivity index (χ1) is 13.1. The number of nitrogens with one attached hydrogen (secondary N) is 1. The largest absolute Gasteiger partial charge is 0.489 e. The van der Waals surface area contributed by atoms with Gasteiger partial charge in [-0.25, -0.2) is 4.98 Å². The molecule has 1 saturated carbocycles. The number of carbonyl (C=O) groups is 1. The minimum Gasteiger partial charge on any atom is -0.489 e. The summed E-state index contributed by atoms with van der Waals surface area (Å²) in [4.78, 5) is 19.8. The summed E-state index contributed by atoms with van der Waals surface area (Å²) in [5, 5.41) is 3.17. The van der Waals surface area contributed by atoms with Crippen molar-refractivity contribution in [2.24, 2.45) is 5.92 Å². The molecule has 2 fully saturated rings.